The Bertz CT molecular complexity index is 678. The zero-order chi connectivity index (χ0) is 16.6. The van der Waals surface area contributed by atoms with E-state index >= 15 is 0 Å². The molecule has 0 bridgehead atoms. The topological polar surface area (TPSA) is 80.1 Å². The van der Waals surface area contributed by atoms with Crippen molar-refractivity contribution in [2.75, 3.05) is 30.8 Å². The van der Waals surface area contributed by atoms with Gasteiger partial charge in [0.1, 0.15) is 5.75 Å². The third-order valence-corrected chi connectivity index (χ3v) is 5.45. The SMILES string of the molecule is N#Cc1ccc(OCCSc2nnc(NCC3CCCO3)s2)cc1. The number of nitrogens with zero attached hydrogens (tertiary/aromatic N) is 3. The van der Waals surface area contributed by atoms with Crippen LogP contribution in [0.15, 0.2) is 28.6 Å². The molecule has 6 nitrogen and oxygen atoms in total. The van der Waals surface area contributed by atoms with Crippen LogP contribution in [0.4, 0.5) is 5.13 Å². The van der Waals surface area contributed by atoms with Crippen LogP contribution in [-0.2, 0) is 4.74 Å². The molecule has 2 heterocycles. The average molecular weight is 362 g/mol. The van der Waals surface area contributed by atoms with Crippen LogP contribution in [0.5, 0.6) is 5.75 Å². The monoisotopic (exact) mass is 362 g/mol. The molecule has 0 spiro atoms. The molecule has 1 aromatic heterocycles. The van der Waals surface area contributed by atoms with Crippen molar-refractivity contribution in [1.29, 1.82) is 5.26 Å². The molecule has 1 atom stereocenters. The Kier molecular flexibility index (Phi) is 6.29. The van der Waals surface area contributed by atoms with Crippen molar-refractivity contribution < 1.29 is 9.47 Å². The van der Waals surface area contributed by atoms with Crippen LogP contribution in [0.25, 0.3) is 0 Å². The van der Waals surface area contributed by atoms with Gasteiger partial charge >= 0.3 is 0 Å². The quantitative estimate of drug-likeness (QED) is 0.570. The third-order valence-electron chi connectivity index (χ3n) is 3.47. The van der Waals surface area contributed by atoms with Crippen LogP contribution in [0.3, 0.4) is 0 Å². The maximum Gasteiger partial charge on any atom is 0.206 e. The van der Waals surface area contributed by atoms with E-state index in [1.54, 1.807) is 47.4 Å². The minimum Gasteiger partial charge on any atom is -0.493 e. The molecule has 1 unspecified atom stereocenters. The lowest BCUT2D eigenvalue weighted by Crippen LogP contribution is -2.18. The molecule has 8 heteroatoms. The van der Waals surface area contributed by atoms with Crippen molar-refractivity contribution >= 4 is 28.2 Å². The number of hydrogen-bond donors (Lipinski definition) is 1. The van der Waals surface area contributed by atoms with Gasteiger partial charge in [0, 0.05) is 18.9 Å². The largest absolute Gasteiger partial charge is 0.493 e. The van der Waals surface area contributed by atoms with Gasteiger partial charge in [-0.15, -0.1) is 10.2 Å². The van der Waals surface area contributed by atoms with Crippen LogP contribution >= 0.6 is 23.1 Å². The number of thioether (sulfide) groups is 1. The van der Waals surface area contributed by atoms with Crippen molar-refractivity contribution in [3.63, 3.8) is 0 Å². The molecule has 126 valence electrons. The van der Waals surface area contributed by atoms with Crippen molar-refractivity contribution in [2.24, 2.45) is 0 Å². The van der Waals surface area contributed by atoms with E-state index in [4.69, 9.17) is 14.7 Å². The van der Waals surface area contributed by atoms with Crippen LogP contribution in [0.1, 0.15) is 18.4 Å². The van der Waals surface area contributed by atoms with Gasteiger partial charge in [0.15, 0.2) is 4.34 Å². The highest BCUT2D eigenvalue weighted by Gasteiger charge is 2.15. The Morgan fingerprint density at radius 2 is 2.25 bits per heavy atom. The molecule has 1 fully saturated rings. The van der Waals surface area contributed by atoms with E-state index in [0.29, 0.717) is 18.3 Å². The molecule has 0 amide bonds. The molecule has 0 radical (unpaired) electrons. The van der Waals surface area contributed by atoms with E-state index in [1.807, 2.05) is 0 Å². The second-order valence-corrected chi connectivity index (χ2v) is 7.54. The van der Waals surface area contributed by atoms with Gasteiger partial charge in [-0.2, -0.15) is 5.26 Å². The molecule has 1 aromatic carbocycles. The molecular formula is C16H18N4O2S2. The first-order valence-electron chi connectivity index (χ1n) is 7.78. The van der Waals surface area contributed by atoms with Gasteiger partial charge in [-0.3, -0.25) is 0 Å². The fourth-order valence-electron chi connectivity index (χ4n) is 2.26. The third kappa shape index (κ3) is 5.09. The summed E-state index contributed by atoms with van der Waals surface area (Å²) in [6.45, 7) is 2.23. The van der Waals surface area contributed by atoms with Crippen LogP contribution in [-0.4, -0.2) is 41.8 Å². The number of rotatable bonds is 8. The predicted molar refractivity (Wildman–Crippen MR) is 94.7 cm³/mol. The summed E-state index contributed by atoms with van der Waals surface area (Å²) in [5.74, 6) is 1.56. The molecule has 0 saturated carbocycles. The summed E-state index contributed by atoms with van der Waals surface area (Å²) >= 11 is 3.17. The van der Waals surface area contributed by atoms with Gasteiger partial charge in [0.25, 0.3) is 0 Å². The van der Waals surface area contributed by atoms with Crippen molar-refractivity contribution in [1.82, 2.24) is 10.2 Å². The van der Waals surface area contributed by atoms with Crippen LogP contribution in [0, 0.1) is 11.3 Å². The van der Waals surface area contributed by atoms with Crippen molar-refractivity contribution in [2.45, 2.75) is 23.3 Å². The van der Waals surface area contributed by atoms with Gasteiger partial charge in [0.05, 0.1) is 24.3 Å². The summed E-state index contributed by atoms with van der Waals surface area (Å²) in [5, 5.41) is 21.2. The molecule has 1 saturated heterocycles. The summed E-state index contributed by atoms with van der Waals surface area (Å²) in [6, 6.07) is 9.20. The number of hydrogen-bond acceptors (Lipinski definition) is 8. The van der Waals surface area contributed by atoms with Crippen LogP contribution < -0.4 is 10.1 Å². The van der Waals surface area contributed by atoms with E-state index < -0.39 is 0 Å². The van der Waals surface area contributed by atoms with E-state index in [0.717, 1.165) is 47.0 Å². The minimum absolute atomic E-state index is 0.297. The Hall–Kier alpha value is -1.82. The number of anilines is 1. The highest BCUT2D eigenvalue weighted by atomic mass is 32.2. The number of benzene rings is 1. The summed E-state index contributed by atoms with van der Waals surface area (Å²) in [5.41, 5.74) is 0.633. The van der Waals surface area contributed by atoms with E-state index in [9.17, 15) is 0 Å². The van der Waals surface area contributed by atoms with Gasteiger partial charge in [-0.25, -0.2) is 0 Å². The first-order valence-corrected chi connectivity index (χ1v) is 9.58. The van der Waals surface area contributed by atoms with Gasteiger partial charge < -0.3 is 14.8 Å². The highest BCUT2D eigenvalue weighted by molar-refractivity contribution is 8.01. The van der Waals surface area contributed by atoms with E-state index in [2.05, 4.69) is 21.6 Å². The molecule has 1 aliphatic heterocycles. The summed E-state index contributed by atoms with van der Waals surface area (Å²) in [4.78, 5) is 0. The lowest BCUT2D eigenvalue weighted by molar-refractivity contribution is 0.120. The standard InChI is InChI=1S/C16H18N4O2S2/c17-10-12-3-5-13(6-4-12)22-8-9-23-16-20-19-15(24-16)18-11-14-2-1-7-21-14/h3-6,14H,1-2,7-9,11H2,(H,18,19). The molecule has 3 rings (SSSR count). The Morgan fingerprint density at radius 3 is 3.00 bits per heavy atom. The van der Waals surface area contributed by atoms with Crippen molar-refractivity contribution in [3.8, 4) is 11.8 Å². The predicted octanol–water partition coefficient (Wildman–Crippen LogP) is 3.17. The molecular weight excluding hydrogens is 344 g/mol. The van der Waals surface area contributed by atoms with Crippen LogP contribution in [0.2, 0.25) is 0 Å². The average Bonchev–Trinajstić information content (AvgIpc) is 3.29. The zero-order valence-electron chi connectivity index (χ0n) is 13.1. The van der Waals surface area contributed by atoms with Gasteiger partial charge in [-0.1, -0.05) is 23.1 Å². The Labute approximate surface area is 149 Å². The zero-order valence-corrected chi connectivity index (χ0v) is 14.7. The first-order chi connectivity index (χ1) is 11.8. The lowest BCUT2D eigenvalue weighted by atomic mass is 10.2. The maximum atomic E-state index is 8.75. The second kappa shape index (κ2) is 8.87. The van der Waals surface area contributed by atoms with Gasteiger partial charge in [0.2, 0.25) is 5.13 Å². The number of nitrogens with one attached hydrogen (secondary N) is 1. The fourth-order valence-corrected chi connectivity index (χ4v) is 3.91. The molecule has 1 aliphatic rings. The number of nitriles is 1. The highest BCUT2D eigenvalue weighted by Crippen LogP contribution is 2.26. The number of ether oxygens (including phenoxy) is 2. The molecule has 1 N–H and O–H groups in total. The lowest BCUT2D eigenvalue weighted by Gasteiger charge is -2.08. The number of aromatic nitrogens is 2. The molecule has 0 aliphatic carbocycles. The maximum absolute atomic E-state index is 8.75. The van der Waals surface area contributed by atoms with Gasteiger partial charge in [-0.05, 0) is 37.1 Å². The fraction of sp³-hybridized carbons (Fsp3) is 0.438. The Morgan fingerprint density at radius 1 is 1.38 bits per heavy atom. The molecule has 24 heavy (non-hydrogen) atoms. The summed E-state index contributed by atoms with van der Waals surface area (Å²) < 4.78 is 12.1. The van der Waals surface area contributed by atoms with Crippen molar-refractivity contribution in [3.05, 3.63) is 29.8 Å². The van der Waals surface area contributed by atoms with E-state index in [-0.39, 0.29) is 0 Å². The smallest absolute Gasteiger partial charge is 0.206 e. The van der Waals surface area contributed by atoms with E-state index in [1.165, 1.54) is 0 Å². The summed E-state index contributed by atoms with van der Waals surface area (Å²) in [7, 11) is 0. The second-order valence-electron chi connectivity index (χ2n) is 5.22. The Balaban J connectivity index is 1.35. The minimum atomic E-state index is 0.297. The molecule has 2 aromatic rings. The summed E-state index contributed by atoms with van der Waals surface area (Å²) in [6.07, 6.45) is 2.55. The first kappa shape index (κ1) is 17.0. The normalized spacial score (nSPS) is 16.7.